The molecule has 1 saturated heterocycles. The molecule has 2 amide bonds. The largest absolute Gasteiger partial charge is 0.326 e. The maximum atomic E-state index is 14.5. The fourth-order valence-electron chi connectivity index (χ4n) is 2.60. The van der Waals surface area contributed by atoms with Crippen LogP contribution in [0.15, 0.2) is 36.5 Å². The minimum atomic E-state index is -0.578. The maximum Gasteiger partial charge on any atom is 0.326 e. The molecule has 2 heterocycles. The number of halogens is 2. The minimum Gasteiger partial charge on any atom is -0.320 e. The summed E-state index contributed by atoms with van der Waals surface area (Å²) in [6, 6.07) is 6.77. The van der Waals surface area contributed by atoms with Gasteiger partial charge in [-0.1, -0.05) is 12.1 Å². The van der Waals surface area contributed by atoms with Crippen molar-refractivity contribution in [3.05, 3.63) is 48.2 Å². The number of carbonyl (C=O) groups is 1. The molecule has 1 fully saturated rings. The van der Waals surface area contributed by atoms with Gasteiger partial charge in [0, 0.05) is 18.8 Å². The molecule has 2 aromatic rings. The van der Waals surface area contributed by atoms with Gasteiger partial charge in [-0.05, 0) is 37.6 Å². The molecule has 0 spiro atoms. The number of carbonyl (C=O) groups excluding carboxylic acids is 1. The van der Waals surface area contributed by atoms with Gasteiger partial charge < -0.3 is 4.90 Å². The van der Waals surface area contributed by atoms with Gasteiger partial charge in [0.25, 0.3) is 0 Å². The quantitative estimate of drug-likeness (QED) is 0.847. The SMILES string of the molecule is CN1C(=O)N(c2ncc(-c3ccc(F)cc3)cc2F)CC1(C)C. The van der Waals surface area contributed by atoms with Crippen LogP contribution in [0.2, 0.25) is 0 Å². The number of likely N-dealkylation sites (N-methyl/N-ethyl adjacent to an activating group) is 1. The highest BCUT2D eigenvalue weighted by Crippen LogP contribution is 2.31. The Morgan fingerprint density at radius 3 is 2.30 bits per heavy atom. The number of nitrogens with zero attached hydrogens (tertiary/aromatic N) is 3. The molecule has 23 heavy (non-hydrogen) atoms. The molecular weight excluding hydrogens is 300 g/mol. The minimum absolute atomic E-state index is 0.0123. The second kappa shape index (κ2) is 5.30. The topological polar surface area (TPSA) is 36.4 Å². The molecule has 0 saturated carbocycles. The van der Waals surface area contributed by atoms with Gasteiger partial charge in [0.1, 0.15) is 5.82 Å². The number of urea groups is 1. The summed E-state index contributed by atoms with van der Waals surface area (Å²) in [5.74, 6) is -0.920. The van der Waals surface area contributed by atoms with Crippen LogP contribution in [-0.4, -0.2) is 35.0 Å². The van der Waals surface area contributed by atoms with E-state index in [2.05, 4.69) is 4.98 Å². The lowest BCUT2D eigenvalue weighted by atomic mass is 10.1. The van der Waals surface area contributed by atoms with Crippen LogP contribution in [0.4, 0.5) is 19.4 Å². The smallest absolute Gasteiger partial charge is 0.320 e. The third kappa shape index (κ3) is 2.65. The van der Waals surface area contributed by atoms with Gasteiger partial charge in [-0.3, -0.25) is 4.90 Å². The van der Waals surface area contributed by atoms with Crippen molar-refractivity contribution in [2.24, 2.45) is 0 Å². The second-order valence-corrected chi connectivity index (χ2v) is 6.28. The van der Waals surface area contributed by atoms with Gasteiger partial charge in [0.15, 0.2) is 11.6 Å². The molecule has 0 N–H and O–H groups in total. The average Bonchev–Trinajstić information content (AvgIpc) is 2.71. The maximum absolute atomic E-state index is 14.5. The average molecular weight is 317 g/mol. The summed E-state index contributed by atoms with van der Waals surface area (Å²) in [5.41, 5.74) is 0.806. The van der Waals surface area contributed by atoms with Crippen molar-refractivity contribution in [3.63, 3.8) is 0 Å². The molecule has 1 aromatic carbocycles. The number of pyridine rings is 1. The van der Waals surface area contributed by atoms with E-state index >= 15 is 0 Å². The van der Waals surface area contributed by atoms with Crippen molar-refractivity contribution < 1.29 is 13.6 Å². The van der Waals surface area contributed by atoms with Gasteiger partial charge >= 0.3 is 6.03 Å². The zero-order valence-corrected chi connectivity index (χ0v) is 13.2. The molecule has 0 radical (unpaired) electrons. The molecule has 1 aliphatic heterocycles. The highest BCUT2D eigenvalue weighted by Gasteiger charge is 2.42. The Bertz CT molecular complexity index is 759. The Balaban J connectivity index is 1.94. The predicted octanol–water partition coefficient (Wildman–Crippen LogP) is 3.68. The third-order valence-corrected chi connectivity index (χ3v) is 4.23. The number of anilines is 1. The molecule has 0 atom stereocenters. The Labute approximate surface area is 133 Å². The highest BCUT2D eigenvalue weighted by atomic mass is 19.1. The number of hydrogen-bond acceptors (Lipinski definition) is 2. The summed E-state index contributed by atoms with van der Waals surface area (Å²) < 4.78 is 27.4. The zero-order valence-electron chi connectivity index (χ0n) is 13.2. The molecule has 120 valence electrons. The van der Waals surface area contributed by atoms with Gasteiger partial charge in [-0.25, -0.2) is 18.6 Å². The first kappa shape index (κ1) is 15.4. The van der Waals surface area contributed by atoms with E-state index in [0.29, 0.717) is 17.7 Å². The van der Waals surface area contributed by atoms with E-state index in [4.69, 9.17) is 0 Å². The summed E-state index contributed by atoms with van der Waals surface area (Å²) >= 11 is 0. The molecule has 0 unspecified atom stereocenters. The predicted molar refractivity (Wildman–Crippen MR) is 84.2 cm³/mol. The van der Waals surface area contributed by atoms with Crippen molar-refractivity contribution in [2.75, 3.05) is 18.5 Å². The normalized spacial score (nSPS) is 17.0. The highest BCUT2D eigenvalue weighted by molar-refractivity contribution is 5.94. The Kier molecular flexibility index (Phi) is 3.55. The van der Waals surface area contributed by atoms with Gasteiger partial charge in [-0.15, -0.1) is 0 Å². The lowest BCUT2D eigenvalue weighted by Crippen LogP contribution is -2.38. The van der Waals surface area contributed by atoms with E-state index in [1.807, 2.05) is 13.8 Å². The van der Waals surface area contributed by atoms with Crippen molar-refractivity contribution in [2.45, 2.75) is 19.4 Å². The number of aromatic nitrogens is 1. The molecule has 3 rings (SSSR count). The van der Waals surface area contributed by atoms with E-state index in [1.165, 1.54) is 29.3 Å². The van der Waals surface area contributed by atoms with Crippen LogP contribution >= 0.6 is 0 Å². The van der Waals surface area contributed by atoms with E-state index in [-0.39, 0.29) is 23.2 Å². The lowest BCUT2D eigenvalue weighted by molar-refractivity contribution is 0.198. The Morgan fingerprint density at radius 2 is 1.78 bits per heavy atom. The van der Waals surface area contributed by atoms with Gasteiger partial charge in [0.2, 0.25) is 0 Å². The number of benzene rings is 1. The van der Waals surface area contributed by atoms with Crippen LogP contribution in [0, 0.1) is 11.6 Å². The first-order valence-corrected chi connectivity index (χ1v) is 7.26. The summed E-state index contributed by atoms with van der Waals surface area (Å²) in [5, 5.41) is 0. The van der Waals surface area contributed by atoms with Crippen LogP contribution in [0.5, 0.6) is 0 Å². The molecule has 0 bridgehead atoms. The summed E-state index contributed by atoms with van der Waals surface area (Å²) in [6.45, 7) is 4.19. The van der Waals surface area contributed by atoms with Gasteiger partial charge in [-0.2, -0.15) is 0 Å². The Morgan fingerprint density at radius 1 is 1.13 bits per heavy atom. The van der Waals surface area contributed by atoms with Crippen molar-refractivity contribution in [1.82, 2.24) is 9.88 Å². The first-order chi connectivity index (χ1) is 10.8. The molecule has 1 aliphatic rings. The number of hydrogen-bond donors (Lipinski definition) is 0. The molecule has 4 nitrogen and oxygen atoms in total. The summed E-state index contributed by atoms with van der Waals surface area (Å²) in [4.78, 5) is 19.3. The van der Waals surface area contributed by atoms with Crippen LogP contribution in [0.25, 0.3) is 11.1 Å². The number of amides is 2. The fourth-order valence-corrected chi connectivity index (χ4v) is 2.60. The van der Waals surface area contributed by atoms with Crippen molar-refractivity contribution in [3.8, 4) is 11.1 Å². The number of rotatable bonds is 2. The third-order valence-electron chi connectivity index (χ3n) is 4.23. The molecular formula is C17H17F2N3O. The fraction of sp³-hybridized carbons (Fsp3) is 0.294. The van der Waals surface area contributed by atoms with Crippen LogP contribution < -0.4 is 4.90 Å². The van der Waals surface area contributed by atoms with Crippen molar-refractivity contribution in [1.29, 1.82) is 0 Å². The molecule has 6 heteroatoms. The van der Waals surface area contributed by atoms with Crippen LogP contribution in [-0.2, 0) is 0 Å². The monoisotopic (exact) mass is 317 g/mol. The van der Waals surface area contributed by atoms with E-state index < -0.39 is 5.82 Å². The Hall–Kier alpha value is -2.50. The zero-order chi connectivity index (χ0) is 16.8. The standard InChI is InChI=1S/C17H17F2N3O/c1-17(2)10-22(16(23)21(17)3)15-14(19)8-12(9-20-15)11-4-6-13(18)7-5-11/h4-9H,10H2,1-3H3. The van der Waals surface area contributed by atoms with Gasteiger partial charge in [0.05, 0.1) is 12.1 Å². The van der Waals surface area contributed by atoms with E-state index in [0.717, 1.165) is 0 Å². The van der Waals surface area contributed by atoms with Crippen LogP contribution in [0.3, 0.4) is 0 Å². The molecule has 1 aromatic heterocycles. The second-order valence-electron chi connectivity index (χ2n) is 6.28. The van der Waals surface area contributed by atoms with E-state index in [9.17, 15) is 13.6 Å². The van der Waals surface area contributed by atoms with Crippen LogP contribution in [0.1, 0.15) is 13.8 Å². The van der Waals surface area contributed by atoms with E-state index in [1.54, 1.807) is 24.1 Å². The summed E-state index contributed by atoms with van der Waals surface area (Å²) in [6.07, 6.45) is 1.49. The first-order valence-electron chi connectivity index (χ1n) is 7.26. The molecule has 0 aliphatic carbocycles. The summed E-state index contributed by atoms with van der Waals surface area (Å²) in [7, 11) is 1.69. The lowest BCUT2D eigenvalue weighted by Gasteiger charge is -2.24. The van der Waals surface area contributed by atoms with Crippen molar-refractivity contribution >= 4 is 11.8 Å².